The van der Waals surface area contributed by atoms with Gasteiger partial charge < -0.3 is 9.84 Å². The van der Waals surface area contributed by atoms with Gasteiger partial charge in [-0.25, -0.2) is 0 Å². The zero-order valence-electron chi connectivity index (χ0n) is 9.93. The van der Waals surface area contributed by atoms with Crippen LogP contribution in [0.5, 0.6) is 5.75 Å². The Hall–Kier alpha value is -1.23. The maximum atomic E-state index is 12.7. The van der Waals surface area contributed by atoms with Gasteiger partial charge in [0.1, 0.15) is 5.75 Å². The first-order valence-electron chi connectivity index (χ1n) is 5.20. The molecule has 0 amide bonds. The van der Waals surface area contributed by atoms with E-state index in [1.165, 1.54) is 25.3 Å². The number of halogens is 3. The first kappa shape index (κ1) is 13.8. The van der Waals surface area contributed by atoms with Crippen molar-refractivity contribution >= 4 is 0 Å². The fraction of sp³-hybridized carbons (Fsp3) is 0.500. The number of hydrogen-bond donors (Lipinski definition) is 1. The second-order valence-corrected chi connectivity index (χ2v) is 3.95. The summed E-state index contributed by atoms with van der Waals surface area (Å²) in [4.78, 5) is 0. The van der Waals surface area contributed by atoms with Crippen molar-refractivity contribution in [1.29, 1.82) is 0 Å². The molecule has 0 radical (unpaired) electrons. The van der Waals surface area contributed by atoms with E-state index in [4.69, 9.17) is 4.74 Å². The lowest BCUT2D eigenvalue weighted by Gasteiger charge is -2.28. The molecule has 1 rings (SSSR count). The summed E-state index contributed by atoms with van der Waals surface area (Å²) < 4.78 is 43.2. The van der Waals surface area contributed by atoms with E-state index in [1.54, 1.807) is 6.92 Å². The minimum absolute atomic E-state index is 0.131. The lowest BCUT2D eigenvalue weighted by atomic mass is 9.89. The summed E-state index contributed by atoms with van der Waals surface area (Å²) in [5.74, 6) is 0.476. The average Bonchev–Trinajstić information content (AvgIpc) is 2.26. The van der Waals surface area contributed by atoms with E-state index in [0.717, 1.165) is 6.92 Å². The molecule has 96 valence electrons. The number of alkyl halides is 3. The van der Waals surface area contributed by atoms with Crippen LogP contribution in [0.3, 0.4) is 0 Å². The Kier molecular flexibility index (Phi) is 3.71. The van der Waals surface area contributed by atoms with E-state index in [2.05, 4.69) is 0 Å². The molecule has 1 unspecified atom stereocenters. The SMILES string of the molecule is CCc1cc(OC)ccc1C(C)(O)C(F)(F)F. The van der Waals surface area contributed by atoms with Gasteiger partial charge in [0.15, 0.2) is 5.60 Å². The molecule has 2 nitrogen and oxygen atoms in total. The van der Waals surface area contributed by atoms with E-state index >= 15 is 0 Å². The molecule has 0 bridgehead atoms. The first-order chi connectivity index (χ1) is 7.74. The van der Waals surface area contributed by atoms with Crippen LogP contribution in [0.4, 0.5) is 13.2 Å². The summed E-state index contributed by atoms with van der Waals surface area (Å²) in [6, 6.07) is 4.18. The van der Waals surface area contributed by atoms with Crippen LogP contribution in [0.15, 0.2) is 18.2 Å². The highest BCUT2D eigenvalue weighted by atomic mass is 19.4. The van der Waals surface area contributed by atoms with Crippen molar-refractivity contribution < 1.29 is 23.0 Å². The zero-order chi connectivity index (χ0) is 13.3. The van der Waals surface area contributed by atoms with Gasteiger partial charge >= 0.3 is 6.18 Å². The summed E-state index contributed by atoms with van der Waals surface area (Å²) >= 11 is 0. The molecule has 0 heterocycles. The maximum Gasteiger partial charge on any atom is 0.421 e. The molecule has 0 spiro atoms. The zero-order valence-corrected chi connectivity index (χ0v) is 9.93. The first-order valence-corrected chi connectivity index (χ1v) is 5.20. The molecule has 0 aliphatic rings. The number of rotatable bonds is 3. The van der Waals surface area contributed by atoms with E-state index in [9.17, 15) is 18.3 Å². The molecule has 0 saturated heterocycles. The number of aliphatic hydroxyl groups is 1. The smallest absolute Gasteiger partial charge is 0.421 e. The second-order valence-electron chi connectivity index (χ2n) is 3.95. The van der Waals surface area contributed by atoms with Crippen LogP contribution < -0.4 is 4.74 Å². The van der Waals surface area contributed by atoms with Crippen molar-refractivity contribution in [2.45, 2.75) is 32.0 Å². The van der Waals surface area contributed by atoms with Gasteiger partial charge in [0.2, 0.25) is 0 Å². The van der Waals surface area contributed by atoms with Gasteiger partial charge in [-0.3, -0.25) is 0 Å². The summed E-state index contributed by atoms with van der Waals surface area (Å²) in [5, 5.41) is 9.63. The maximum absolute atomic E-state index is 12.7. The van der Waals surface area contributed by atoms with Crippen molar-refractivity contribution in [2.75, 3.05) is 7.11 Å². The minimum atomic E-state index is -4.70. The predicted molar refractivity (Wildman–Crippen MR) is 58.0 cm³/mol. The molecule has 0 fully saturated rings. The van der Waals surface area contributed by atoms with Gasteiger partial charge in [0, 0.05) is 0 Å². The Balaban J connectivity index is 3.31. The van der Waals surface area contributed by atoms with Gasteiger partial charge in [-0.1, -0.05) is 13.0 Å². The average molecular weight is 248 g/mol. The molecule has 5 heteroatoms. The van der Waals surface area contributed by atoms with E-state index in [0.29, 0.717) is 17.7 Å². The Morgan fingerprint density at radius 2 is 1.88 bits per heavy atom. The summed E-state index contributed by atoms with van der Waals surface area (Å²) in [6.07, 6.45) is -4.32. The van der Waals surface area contributed by atoms with Crippen LogP contribution in [0.1, 0.15) is 25.0 Å². The van der Waals surface area contributed by atoms with Gasteiger partial charge in [0.05, 0.1) is 7.11 Å². The van der Waals surface area contributed by atoms with Crippen LogP contribution >= 0.6 is 0 Å². The number of benzene rings is 1. The molecule has 1 aromatic rings. The third-order valence-electron chi connectivity index (χ3n) is 2.77. The van der Waals surface area contributed by atoms with E-state index in [1.807, 2.05) is 0 Å². The molecule has 0 aliphatic heterocycles. The van der Waals surface area contributed by atoms with Crippen LogP contribution in [0, 0.1) is 0 Å². The highest BCUT2D eigenvalue weighted by Gasteiger charge is 2.51. The highest BCUT2D eigenvalue weighted by Crippen LogP contribution is 2.40. The molecular formula is C12H15F3O2. The minimum Gasteiger partial charge on any atom is -0.497 e. The third kappa shape index (κ3) is 2.54. The Labute approximate surface area is 98.0 Å². The summed E-state index contributed by atoms with van der Waals surface area (Å²) in [5.41, 5.74) is -2.55. The number of aryl methyl sites for hydroxylation is 1. The van der Waals surface area contributed by atoms with Gasteiger partial charge in [-0.2, -0.15) is 13.2 Å². The van der Waals surface area contributed by atoms with Crippen molar-refractivity contribution in [3.8, 4) is 5.75 Å². The molecule has 1 atom stereocenters. The topological polar surface area (TPSA) is 29.5 Å². The van der Waals surface area contributed by atoms with E-state index < -0.39 is 11.8 Å². The molecule has 1 N–H and O–H groups in total. The van der Waals surface area contributed by atoms with Crippen LogP contribution in [0.2, 0.25) is 0 Å². The summed E-state index contributed by atoms with van der Waals surface area (Å²) in [6.45, 7) is 2.48. The molecule has 1 aromatic carbocycles. The second kappa shape index (κ2) is 4.56. The Morgan fingerprint density at radius 1 is 1.29 bits per heavy atom. The fourth-order valence-electron chi connectivity index (χ4n) is 1.62. The van der Waals surface area contributed by atoms with Crippen LogP contribution in [0.25, 0.3) is 0 Å². The van der Waals surface area contributed by atoms with Crippen molar-refractivity contribution in [3.63, 3.8) is 0 Å². The van der Waals surface area contributed by atoms with Crippen molar-refractivity contribution in [1.82, 2.24) is 0 Å². The quantitative estimate of drug-likeness (QED) is 0.890. The number of ether oxygens (including phenoxy) is 1. The lowest BCUT2D eigenvalue weighted by Crippen LogP contribution is -2.40. The Bertz CT molecular complexity index is 397. The standard InChI is InChI=1S/C12H15F3O2/c1-4-8-7-9(17-3)5-6-10(8)11(2,16)12(13,14)15/h5-7,16H,4H2,1-3H3. The summed E-state index contributed by atoms with van der Waals surface area (Å²) in [7, 11) is 1.44. The number of hydrogen-bond acceptors (Lipinski definition) is 2. The van der Waals surface area contributed by atoms with Crippen molar-refractivity contribution in [3.05, 3.63) is 29.3 Å². The molecule has 17 heavy (non-hydrogen) atoms. The lowest BCUT2D eigenvalue weighted by molar-refractivity contribution is -0.259. The van der Waals surface area contributed by atoms with Gasteiger partial charge in [0.25, 0.3) is 0 Å². The van der Waals surface area contributed by atoms with Crippen molar-refractivity contribution in [2.24, 2.45) is 0 Å². The Morgan fingerprint density at radius 3 is 2.29 bits per heavy atom. The van der Waals surface area contributed by atoms with E-state index in [-0.39, 0.29) is 5.56 Å². The monoisotopic (exact) mass is 248 g/mol. The largest absolute Gasteiger partial charge is 0.497 e. The molecule has 0 aromatic heterocycles. The highest BCUT2D eigenvalue weighted by molar-refractivity contribution is 5.39. The van der Waals surface area contributed by atoms with Crippen LogP contribution in [-0.4, -0.2) is 18.4 Å². The predicted octanol–water partition coefficient (Wildman–Crippen LogP) is 3.03. The normalized spacial score (nSPS) is 15.5. The fourth-order valence-corrected chi connectivity index (χ4v) is 1.62. The molecule has 0 aliphatic carbocycles. The van der Waals surface area contributed by atoms with Crippen LogP contribution in [-0.2, 0) is 12.0 Å². The molecule has 0 saturated carbocycles. The number of methoxy groups -OCH3 is 1. The van der Waals surface area contributed by atoms with Gasteiger partial charge in [-0.15, -0.1) is 0 Å². The molecular weight excluding hydrogens is 233 g/mol. The van der Waals surface area contributed by atoms with Gasteiger partial charge in [-0.05, 0) is 36.6 Å². The third-order valence-corrected chi connectivity index (χ3v) is 2.77.